The van der Waals surface area contributed by atoms with Crippen LogP contribution >= 0.6 is 24.0 Å². The Hall–Kier alpha value is -3.21. The van der Waals surface area contributed by atoms with Crippen LogP contribution in [0, 0.1) is 6.92 Å². The Morgan fingerprint density at radius 3 is 2.62 bits per heavy atom. The first kappa shape index (κ1) is 25.4. The van der Waals surface area contributed by atoms with Crippen molar-refractivity contribution in [2.75, 3.05) is 25.1 Å². The van der Waals surface area contributed by atoms with E-state index in [0.29, 0.717) is 43.8 Å². The van der Waals surface area contributed by atoms with Crippen LogP contribution in [0.25, 0.3) is 0 Å². The van der Waals surface area contributed by atoms with Crippen LogP contribution in [-0.4, -0.2) is 31.6 Å². The number of fused-ring (bicyclic) bond motifs is 1. The van der Waals surface area contributed by atoms with Crippen LogP contribution in [0.2, 0.25) is 0 Å². The fraction of sp³-hybridized carbons (Fsp3) is 0.280. The van der Waals surface area contributed by atoms with E-state index in [9.17, 15) is 4.79 Å². The first-order chi connectivity index (χ1) is 16.2. The summed E-state index contributed by atoms with van der Waals surface area (Å²) in [4.78, 5) is 17.0. The van der Waals surface area contributed by atoms with Gasteiger partial charge in [0.05, 0.1) is 39.1 Å². The molecule has 0 radical (unpaired) electrons. The summed E-state index contributed by atoms with van der Waals surface area (Å²) in [6, 6.07) is 17.3. The van der Waals surface area contributed by atoms with Crippen molar-refractivity contribution in [2.45, 2.75) is 26.4 Å². The van der Waals surface area contributed by atoms with Gasteiger partial charge in [-0.3, -0.25) is 4.79 Å². The molecule has 3 N–H and O–H groups in total. The number of anilines is 1. The standard InChI is InChI=1S/C25H28N4O4.HI/c1-18-6-2-3-7-19(18)15-27-25(28-17-24(30)26-16-21-8-4-11-31-21)29-20-9-10-22-23(14-20)33-13-5-12-32-22;/h2-4,6-11,14H,5,12-13,15-17H2,1H3,(H,26,30)(H2,27,28,29);1H. The largest absolute Gasteiger partial charge is 0.490 e. The van der Waals surface area contributed by atoms with E-state index in [1.165, 1.54) is 0 Å². The molecule has 0 fully saturated rings. The lowest BCUT2D eigenvalue weighted by Crippen LogP contribution is -2.39. The molecule has 1 amide bonds. The highest BCUT2D eigenvalue weighted by Crippen LogP contribution is 2.32. The molecule has 2 aromatic carbocycles. The predicted octanol–water partition coefficient (Wildman–Crippen LogP) is 4.24. The number of furan rings is 1. The number of nitrogens with zero attached hydrogens (tertiary/aromatic N) is 1. The Bertz CT molecular complexity index is 1100. The molecule has 0 spiro atoms. The summed E-state index contributed by atoms with van der Waals surface area (Å²) in [6.07, 6.45) is 2.42. The van der Waals surface area contributed by atoms with Gasteiger partial charge in [-0.2, -0.15) is 0 Å². The summed E-state index contributed by atoms with van der Waals surface area (Å²) in [5.41, 5.74) is 3.05. The molecule has 0 aliphatic carbocycles. The minimum Gasteiger partial charge on any atom is -0.490 e. The lowest BCUT2D eigenvalue weighted by atomic mass is 10.1. The van der Waals surface area contributed by atoms with Crippen molar-refractivity contribution in [2.24, 2.45) is 4.99 Å². The van der Waals surface area contributed by atoms with E-state index in [1.807, 2.05) is 42.5 Å². The highest BCUT2D eigenvalue weighted by molar-refractivity contribution is 14.0. The van der Waals surface area contributed by atoms with E-state index in [-0.39, 0.29) is 36.4 Å². The Kier molecular flexibility index (Phi) is 9.62. The normalized spacial score (nSPS) is 12.8. The van der Waals surface area contributed by atoms with Gasteiger partial charge < -0.3 is 29.8 Å². The zero-order valence-electron chi connectivity index (χ0n) is 19.0. The van der Waals surface area contributed by atoms with Gasteiger partial charge in [-0.15, -0.1) is 24.0 Å². The number of carbonyl (C=O) groups excluding carboxylic acids is 1. The number of carbonyl (C=O) groups is 1. The fourth-order valence-corrected chi connectivity index (χ4v) is 3.29. The summed E-state index contributed by atoms with van der Waals surface area (Å²) in [5, 5.41) is 9.19. The Balaban J connectivity index is 0.00000324. The maximum absolute atomic E-state index is 12.3. The average molecular weight is 576 g/mol. The van der Waals surface area contributed by atoms with Crippen LogP contribution < -0.4 is 25.4 Å². The summed E-state index contributed by atoms with van der Waals surface area (Å²) >= 11 is 0. The molecule has 1 aromatic heterocycles. The quantitative estimate of drug-likeness (QED) is 0.221. The Labute approximate surface area is 216 Å². The monoisotopic (exact) mass is 576 g/mol. The molecule has 4 rings (SSSR count). The highest BCUT2D eigenvalue weighted by atomic mass is 127. The van der Waals surface area contributed by atoms with E-state index < -0.39 is 0 Å². The summed E-state index contributed by atoms with van der Waals surface area (Å²) in [6.45, 7) is 4.16. The molecule has 0 atom stereocenters. The second-order valence-electron chi connectivity index (χ2n) is 7.64. The summed E-state index contributed by atoms with van der Waals surface area (Å²) in [5.74, 6) is 2.42. The first-order valence-corrected chi connectivity index (χ1v) is 11.0. The first-order valence-electron chi connectivity index (χ1n) is 11.0. The van der Waals surface area contributed by atoms with Crippen molar-refractivity contribution >= 4 is 41.5 Å². The van der Waals surface area contributed by atoms with E-state index >= 15 is 0 Å². The van der Waals surface area contributed by atoms with Gasteiger partial charge in [-0.05, 0) is 42.3 Å². The van der Waals surface area contributed by atoms with Crippen molar-refractivity contribution in [1.29, 1.82) is 0 Å². The summed E-state index contributed by atoms with van der Waals surface area (Å²) < 4.78 is 16.7. The highest BCUT2D eigenvalue weighted by Gasteiger charge is 2.12. The number of hydrogen-bond acceptors (Lipinski definition) is 5. The minimum absolute atomic E-state index is 0. The van der Waals surface area contributed by atoms with Gasteiger partial charge in [-0.1, -0.05) is 24.3 Å². The summed E-state index contributed by atoms with van der Waals surface area (Å²) in [7, 11) is 0. The van der Waals surface area contributed by atoms with Gasteiger partial charge in [0.2, 0.25) is 5.91 Å². The predicted molar refractivity (Wildman–Crippen MR) is 142 cm³/mol. The lowest BCUT2D eigenvalue weighted by molar-refractivity contribution is -0.120. The van der Waals surface area contributed by atoms with Crippen LogP contribution in [0.3, 0.4) is 0 Å². The topological polar surface area (TPSA) is 97.1 Å². The lowest BCUT2D eigenvalue weighted by Gasteiger charge is -2.15. The van der Waals surface area contributed by atoms with Crippen LogP contribution in [0.1, 0.15) is 23.3 Å². The number of benzene rings is 2. The number of amides is 1. The van der Waals surface area contributed by atoms with Gasteiger partial charge in [0, 0.05) is 18.2 Å². The Morgan fingerprint density at radius 1 is 1.00 bits per heavy atom. The van der Waals surface area contributed by atoms with Crippen LogP contribution in [0.5, 0.6) is 11.5 Å². The van der Waals surface area contributed by atoms with Crippen LogP contribution in [0.4, 0.5) is 5.69 Å². The number of hydrogen-bond donors (Lipinski definition) is 3. The van der Waals surface area contributed by atoms with Gasteiger partial charge in [0.25, 0.3) is 0 Å². The molecule has 0 saturated carbocycles. The zero-order valence-corrected chi connectivity index (χ0v) is 21.3. The molecule has 2 heterocycles. The van der Waals surface area contributed by atoms with Crippen molar-refractivity contribution < 1.29 is 18.7 Å². The molecule has 0 saturated heterocycles. The molecule has 0 unspecified atom stereocenters. The minimum atomic E-state index is -0.171. The molecule has 8 nitrogen and oxygen atoms in total. The number of halogens is 1. The number of nitrogens with one attached hydrogen (secondary N) is 3. The van der Waals surface area contributed by atoms with Crippen LogP contribution in [0.15, 0.2) is 70.3 Å². The fourth-order valence-electron chi connectivity index (χ4n) is 3.29. The van der Waals surface area contributed by atoms with Crippen molar-refractivity contribution in [3.05, 3.63) is 77.7 Å². The number of guanidine groups is 1. The average Bonchev–Trinajstić information content (AvgIpc) is 3.24. The van der Waals surface area contributed by atoms with Crippen LogP contribution in [-0.2, 0) is 17.9 Å². The van der Waals surface area contributed by atoms with E-state index in [2.05, 4.69) is 33.9 Å². The van der Waals surface area contributed by atoms with Crippen molar-refractivity contribution in [3.8, 4) is 11.5 Å². The van der Waals surface area contributed by atoms with Gasteiger partial charge in [-0.25, -0.2) is 4.99 Å². The molecular formula is C25H29IN4O4. The molecule has 180 valence electrons. The smallest absolute Gasteiger partial charge is 0.239 e. The second kappa shape index (κ2) is 12.9. The third kappa shape index (κ3) is 7.41. The second-order valence-corrected chi connectivity index (χ2v) is 7.64. The third-order valence-corrected chi connectivity index (χ3v) is 5.14. The van der Waals surface area contributed by atoms with E-state index in [4.69, 9.17) is 13.9 Å². The van der Waals surface area contributed by atoms with Gasteiger partial charge in [0.1, 0.15) is 5.76 Å². The van der Waals surface area contributed by atoms with Crippen molar-refractivity contribution in [3.63, 3.8) is 0 Å². The molecule has 9 heteroatoms. The SMILES string of the molecule is Cc1ccccc1CN=C(NCC(=O)NCc1ccco1)Nc1ccc2c(c1)OCCCO2.I. The van der Waals surface area contributed by atoms with E-state index in [0.717, 1.165) is 29.0 Å². The van der Waals surface area contributed by atoms with Gasteiger partial charge >= 0.3 is 0 Å². The Morgan fingerprint density at radius 2 is 1.82 bits per heavy atom. The third-order valence-electron chi connectivity index (χ3n) is 5.14. The van der Waals surface area contributed by atoms with Crippen molar-refractivity contribution in [1.82, 2.24) is 10.6 Å². The molecular weight excluding hydrogens is 547 g/mol. The molecule has 1 aliphatic heterocycles. The maximum atomic E-state index is 12.3. The molecule has 34 heavy (non-hydrogen) atoms. The molecule has 0 bridgehead atoms. The van der Waals surface area contributed by atoms with E-state index in [1.54, 1.807) is 12.3 Å². The molecule has 1 aliphatic rings. The number of aliphatic imine (C=N–C) groups is 1. The van der Waals surface area contributed by atoms with Gasteiger partial charge in [0.15, 0.2) is 17.5 Å². The zero-order chi connectivity index (χ0) is 22.9. The number of rotatable bonds is 7. The number of ether oxygens (including phenoxy) is 2. The maximum Gasteiger partial charge on any atom is 0.239 e. The molecule has 3 aromatic rings. The number of aryl methyl sites for hydroxylation is 1.